The van der Waals surface area contributed by atoms with Crippen LogP contribution in [0.4, 0.5) is 4.39 Å². The van der Waals surface area contributed by atoms with Crippen LogP contribution in [0, 0.1) is 11.7 Å². The number of hydrogen-bond donors (Lipinski definition) is 3. The number of aliphatic hydroxyl groups is 1. The quantitative estimate of drug-likeness (QED) is 0.702. The van der Waals surface area contributed by atoms with E-state index in [-0.39, 0.29) is 30.2 Å². The third-order valence-electron chi connectivity index (χ3n) is 4.81. The Balaban J connectivity index is 1.87. The summed E-state index contributed by atoms with van der Waals surface area (Å²) in [5, 5.41) is 15.6. The lowest BCUT2D eigenvalue weighted by atomic mass is 9.75. The highest BCUT2D eigenvalue weighted by atomic mass is 32.1. The molecule has 1 saturated heterocycles. The van der Waals surface area contributed by atoms with Crippen molar-refractivity contribution >= 4 is 23.2 Å². The lowest BCUT2D eigenvalue weighted by Gasteiger charge is -2.44. The summed E-state index contributed by atoms with van der Waals surface area (Å²) in [4.78, 5) is 12.4. The molecule has 1 heterocycles. The van der Waals surface area contributed by atoms with E-state index in [1.54, 1.807) is 42.5 Å². The van der Waals surface area contributed by atoms with Crippen LogP contribution in [0.3, 0.4) is 0 Å². The van der Waals surface area contributed by atoms with Gasteiger partial charge in [-0.15, -0.1) is 0 Å². The van der Waals surface area contributed by atoms with Crippen molar-refractivity contribution in [3.8, 4) is 0 Å². The number of amides is 1. The van der Waals surface area contributed by atoms with Gasteiger partial charge in [-0.1, -0.05) is 36.4 Å². The van der Waals surface area contributed by atoms with E-state index in [1.165, 1.54) is 6.07 Å². The molecule has 27 heavy (non-hydrogen) atoms. The number of nitrogens with one attached hydrogen (secondary N) is 2. The summed E-state index contributed by atoms with van der Waals surface area (Å²) >= 11 is 5.32. The number of hydrogen-bond acceptors (Lipinski definition) is 4. The maximum absolute atomic E-state index is 14.6. The Hall–Kier alpha value is -2.35. The summed E-state index contributed by atoms with van der Waals surface area (Å²) in [5.41, 5.74) is -0.264. The van der Waals surface area contributed by atoms with Crippen molar-refractivity contribution in [1.29, 1.82) is 0 Å². The van der Waals surface area contributed by atoms with Crippen LogP contribution in [0.15, 0.2) is 54.6 Å². The second-order valence-corrected chi connectivity index (χ2v) is 6.85. The van der Waals surface area contributed by atoms with E-state index in [4.69, 9.17) is 17.0 Å². The van der Waals surface area contributed by atoms with Crippen molar-refractivity contribution in [2.75, 3.05) is 19.8 Å². The molecule has 7 heteroatoms. The summed E-state index contributed by atoms with van der Waals surface area (Å²) in [6, 6.07) is 15.0. The Morgan fingerprint density at radius 2 is 1.93 bits per heavy atom. The van der Waals surface area contributed by atoms with Crippen molar-refractivity contribution in [2.45, 2.75) is 12.0 Å². The molecular weight excluding hydrogens is 367 g/mol. The standard InChI is InChI=1S/C20H21FN2O3S/c21-17-9-5-4-8-16(17)20(13-26-11-10-15(20)12-24)23-19(27)22-18(25)14-6-2-1-3-7-14/h1-9,15,24H,10-13H2,(H2,22,23,25,27)/t15?,20-/m0/s1. The van der Waals surface area contributed by atoms with Crippen LogP contribution in [0.5, 0.6) is 0 Å². The van der Waals surface area contributed by atoms with E-state index in [2.05, 4.69) is 10.6 Å². The fraction of sp³-hybridized carbons (Fsp3) is 0.300. The summed E-state index contributed by atoms with van der Waals surface area (Å²) in [6.07, 6.45) is 0.535. The molecule has 2 atom stereocenters. The van der Waals surface area contributed by atoms with Crippen LogP contribution in [-0.2, 0) is 10.3 Å². The summed E-state index contributed by atoms with van der Waals surface area (Å²) < 4.78 is 20.2. The highest BCUT2D eigenvalue weighted by molar-refractivity contribution is 7.80. The van der Waals surface area contributed by atoms with E-state index in [0.717, 1.165) is 0 Å². The average Bonchev–Trinajstić information content (AvgIpc) is 2.69. The van der Waals surface area contributed by atoms with Crippen LogP contribution >= 0.6 is 12.2 Å². The number of ether oxygens (including phenoxy) is 1. The Bertz CT molecular complexity index is 818. The first-order valence-electron chi connectivity index (χ1n) is 8.69. The van der Waals surface area contributed by atoms with Gasteiger partial charge in [-0.2, -0.15) is 0 Å². The Kier molecular flexibility index (Phi) is 6.15. The van der Waals surface area contributed by atoms with E-state index >= 15 is 0 Å². The number of rotatable bonds is 4. The maximum atomic E-state index is 14.6. The smallest absolute Gasteiger partial charge is 0.257 e. The van der Waals surface area contributed by atoms with Crippen molar-refractivity contribution in [1.82, 2.24) is 10.6 Å². The van der Waals surface area contributed by atoms with Crippen LogP contribution in [0.25, 0.3) is 0 Å². The predicted molar refractivity (Wildman–Crippen MR) is 104 cm³/mol. The van der Waals surface area contributed by atoms with Crippen molar-refractivity contribution in [3.63, 3.8) is 0 Å². The molecule has 1 amide bonds. The molecular formula is C20H21FN2O3S. The summed E-state index contributed by atoms with van der Waals surface area (Å²) in [5.74, 6) is -1.12. The van der Waals surface area contributed by atoms with Gasteiger partial charge in [0.15, 0.2) is 5.11 Å². The predicted octanol–water partition coefficient (Wildman–Crippen LogP) is 2.35. The first kappa shape index (κ1) is 19.4. The first-order chi connectivity index (χ1) is 13.1. The minimum Gasteiger partial charge on any atom is -0.396 e. The third kappa shape index (κ3) is 4.16. The zero-order chi connectivity index (χ0) is 19.3. The minimum absolute atomic E-state index is 0.0519. The van der Waals surface area contributed by atoms with E-state index in [9.17, 15) is 14.3 Å². The van der Waals surface area contributed by atoms with Gasteiger partial charge in [0.25, 0.3) is 5.91 Å². The Morgan fingerprint density at radius 3 is 2.63 bits per heavy atom. The van der Waals surface area contributed by atoms with Gasteiger partial charge >= 0.3 is 0 Å². The number of benzene rings is 2. The maximum Gasteiger partial charge on any atom is 0.257 e. The number of carbonyl (C=O) groups excluding carboxylic acids is 1. The minimum atomic E-state index is -1.07. The van der Waals surface area contributed by atoms with E-state index in [1.807, 2.05) is 6.07 Å². The molecule has 0 radical (unpaired) electrons. The highest BCUT2D eigenvalue weighted by Gasteiger charge is 2.45. The fourth-order valence-electron chi connectivity index (χ4n) is 3.39. The highest BCUT2D eigenvalue weighted by Crippen LogP contribution is 2.37. The molecule has 0 saturated carbocycles. The van der Waals surface area contributed by atoms with Gasteiger partial charge in [0.2, 0.25) is 0 Å². The number of halogens is 1. The first-order valence-corrected chi connectivity index (χ1v) is 9.10. The molecule has 0 aliphatic carbocycles. The van der Waals surface area contributed by atoms with Crippen LogP contribution in [0.2, 0.25) is 0 Å². The zero-order valence-electron chi connectivity index (χ0n) is 14.7. The Labute approximate surface area is 162 Å². The molecule has 3 rings (SSSR count). The Morgan fingerprint density at radius 1 is 1.22 bits per heavy atom. The average molecular weight is 388 g/mol. The van der Waals surface area contributed by atoms with Crippen molar-refractivity contribution in [3.05, 3.63) is 71.5 Å². The molecule has 0 spiro atoms. The second-order valence-electron chi connectivity index (χ2n) is 6.45. The molecule has 5 nitrogen and oxygen atoms in total. The molecule has 1 fully saturated rings. The molecule has 1 aliphatic heterocycles. The van der Waals surface area contributed by atoms with Crippen LogP contribution < -0.4 is 10.6 Å². The monoisotopic (exact) mass is 388 g/mol. The van der Waals surface area contributed by atoms with Crippen LogP contribution in [-0.4, -0.2) is 35.9 Å². The molecule has 142 valence electrons. The molecule has 2 aromatic carbocycles. The van der Waals surface area contributed by atoms with Gasteiger partial charge in [0.1, 0.15) is 5.82 Å². The largest absolute Gasteiger partial charge is 0.396 e. The molecule has 1 aliphatic rings. The van der Waals surface area contributed by atoms with Gasteiger partial charge in [-0.05, 0) is 36.8 Å². The number of thiocarbonyl (C=S) groups is 1. The molecule has 1 unspecified atom stereocenters. The lowest BCUT2D eigenvalue weighted by Crippen LogP contribution is -2.60. The van der Waals surface area contributed by atoms with Crippen molar-refractivity contribution in [2.24, 2.45) is 5.92 Å². The van der Waals surface area contributed by atoms with Gasteiger partial charge in [-0.25, -0.2) is 4.39 Å². The van der Waals surface area contributed by atoms with Gasteiger partial charge in [-0.3, -0.25) is 10.1 Å². The van der Waals surface area contributed by atoms with Crippen LogP contribution in [0.1, 0.15) is 22.3 Å². The molecule has 2 aromatic rings. The topological polar surface area (TPSA) is 70.6 Å². The van der Waals surface area contributed by atoms with Crippen molar-refractivity contribution < 1.29 is 19.0 Å². The third-order valence-corrected chi connectivity index (χ3v) is 5.02. The molecule has 0 aromatic heterocycles. The fourth-order valence-corrected chi connectivity index (χ4v) is 3.67. The summed E-state index contributed by atoms with van der Waals surface area (Å²) in [7, 11) is 0. The van der Waals surface area contributed by atoms with E-state index < -0.39 is 11.4 Å². The van der Waals surface area contributed by atoms with Gasteiger partial charge in [0, 0.05) is 30.3 Å². The SMILES string of the molecule is O=C(NC(=S)N[C@@]1(c2ccccc2F)COCCC1CO)c1ccccc1. The zero-order valence-corrected chi connectivity index (χ0v) is 15.5. The number of aliphatic hydroxyl groups excluding tert-OH is 1. The molecule has 0 bridgehead atoms. The number of carbonyl (C=O) groups is 1. The second kappa shape index (κ2) is 8.56. The summed E-state index contributed by atoms with van der Waals surface area (Å²) in [6.45, 7) is 0.423. The van der Waals surface area contributed by atoms with Gasteiger partial charge in [0.05, 0.1) is 12.1 Å². The van der Waals surface area contributed by atoms with E-state index in [0.29, 0.717) is 24.2 Å². The lowest BCUT2D eigenvalue weighted by molar-refractivity contribution is -0.0341. The normalized spacial score (nSPS) is 22.1. The van der Waals surface area contributed by atoms with Gasteiger partial charge < -0.3 is 15.2 Å². The molecule has 3 N–H and O–H groups in total.